The minimum atomic E-state index is -3.91. The zero-order valence-corrected chi connectivity index (χ0v) is 22.8. The number of nitrogens with one attached hydrogen (secondary N) is 1. The molecule has 1 aromatic heterocycles. The second kappa shape index (κ2) is 11.8. The first-order valence-corrected chi connectivity index (χ1v) is 14.7. The SMILES string of the molecule is Cc1noc(C=Cc2ccccc2F)c1S(=O)(=O)N1CCC(C(=O)NCCN2CCc3ccccc3C2)CC1. The van der Waals surface area contributed by atoms with Gasteiger partial charge < -0.3 is 9.84 Å². The lowest BCUT2D eigenvalue weighted by Gasteiger charge is -2.31. The molecule has 0 saturated carbocycles. The van der Waals surface area contributed by atoms with E-state index in [0.717, 1.165) is 26.1 Å². The molecule has 1 N–H and O–H groups in total. The van der Waals surface area contributed by atoms with Crippen molar-refractivity contribution in [3.05, 3.63) is 82.5 Å². The van der Waals surface area contributed by atoms with Crippen LogP contribution in [0.1, 0.15) is 41.0 Å². The summed E-state index contributed by atoms with van der Waals surface area (Å²) in [5.74, 6) is -0.631. The van der Waals surface area contributed by atoms with Crippen molar-refractivity contribution in [1.29, 1.82) is 0 Å². The zero-order chi connectivity index (χ0) is 27.4. The molecule has 206 valence electrons. The minimum Gasteiger partial charge on any atom is -0.355 e. The fraction of sp³-hybridized carbons (Fsp3) is 0.379. The number of rotatable bonds is 8. The van der Waals surface area contributed by atoms with E-state index in [1.165, 1.54) is 33.7 Å². The molecule has 10 heteroatoms. The van der Waals surface area contributed by atoms with E-state index in [4.69, 9.17) is 4.52 Å². The number of benzene rings is 2. The number of hydrogen-bond acceptors (Lipinski definition) is 6. The number of nitrogens with zero attached hydrogens (tertiary/aromatic N) is 3. The average Bonchev–Trinajstić information content (AvgIpc) is 3.33. The van der Waals surface area contributed by atoms with E-state index in [2.05, 4.69) is 39.6 Å². The first kappa shape index (κ1) is 27.2. The predicted molar refractivity (Wildman–Crippen MR) is 146 cm³/mol. The molecule has 0 radical (unpaired) electrons. The molecule has 2 aliphatic rings. The van der Waals surface area contributed by atoms with Gasteiger partial charge in [-0.1, -0.05) is 47.6 Å². The number of carbonyl (C=O) groups is 1. The van der Waals surface area contributed by atoms with Crippen LogP contribution >= 0.6 is 0 Å². The Labute approximate surface area is 228 Å². The van der Waals surface area contributed by atoms with Crippen molar-refractivity contribution < 1.29 is 22.1 Å². The summed E-state index contributed by atoms with van der Waals surface area (Å²) < 4.78 is 47.6. The molecule has 0 unspecified atom stereocenters. The van der Waals surface area contributed by atoms with E-state index in [0.29, 0.717) is 24.9 Å². The van der Waals surface area contributed by atoms with E-state index in [1.54, 1.807) is 25.1 Å². The number of amides is 1. The largest absolute Gasteiger partial charge is 0.355 e. The van der Waals surface area contributed by atoms with Crippen LogP contribution in [0.2, 0.25) is 0 Å². The van der Waals surface area contributed by atoms with E-state index in [9.17, 15) is 17.6 Å². The summed E-state index contributed by atoms with van der Waals surface area (Å²) in [5.41, 5.74) is 3.29. The summed E-state index contributed by atoms with van der Waals surface area (Å²) in [7, 11) is -3.91. The Morgan fingerprint density at radius 2 is 1.79 bits per heavy atom. The van der Waals surface area contributed by atoms with Gasteiger partial charge in [-0.15, -0.1) is 0 Å². The Hall–Kier alpha value is -3.34. The van der Waals surface area contributed by atoms with Gasteiger partial charge in [0.1, 0.15) is 11.5 Å². The lowest BCUT2D eigenvalue weighted by molar-refractivity contribution is -0.126. The third kappa shape index (κ3) is 6.13. The van der Waals surface area contributed by atoms with Crippen LogP contribution in [0, 0.1) is 18.7 Å². The standard InChI is InChI=1S/C29H33FN4O4S/c1-21-28(27(38-32-21)11-10-23-7-4-5-9-26(23)30)39(36,37)34-17-13-24(14-18-34)29(35)31-15-19-33-16-12-22-6-2-3-8-25(22)20-33/h2-11,24H,12-20H2,1H3,(H,31,35). The van der Waals surface area contributed by atoms with E-state index in [1.807, 2.05) is 0 Å². The summed E-state index contributed by atoms with van der Waals surface area (Å²) in [6, 6.07) is 14.7. The molecule has 1 fully saturated rings. The fourth-order valence-corrected chi connectivity index (χ4v) is 7.01. The maximum atomic E-state index is 14.0. The molecular formula is C29H33FN4O4S. The first-order chi connectivity index (χ1) is 18.8. The number of aryl methyl sites for hydroxylation is 1. The van der Waals surface area contributed by atoms with Crippen LogP contribution in [0.4, 0.5) is 4.39 Å². The monoisotopic (exact) mass is 552 g/mol. The van der Waals surface area contributed by atoms with Crippen LogP contribution in [-0.2, 0) is 27.8 Å². The second-order valence-electron chi connectivity index (χ2n) is 10.1. The van der Waals surface area contributed by atoms with Crippen LogP contribution in [-0.4, -0.2) is 61.4 Å². The summed E-state index contributed by atoms with van der Waals surface area (Å²) in [6.45, 7) is 5.23. The van der Waals surface area contributed by atoms with E-state index in [-0.39, 0.29) is 41.3 Å². The summed E-state index contributed by atoms with van der Waals surface area (Å²) in [4.78, 5) is 15.1. The van der Waals surface area contributed by atoms with Crippen LogP contribution in [0.15, 0.2) is 57.9 Å². The Balaban J connectivity index is 1.14. The summed E-state index contributed by atoms with van der Waals surface area (Å²) >= 11 is 0. The highest BCUT2D eigenvalue weighted by Gasteiger charge is 2.36. The Morgan fingerprint density at radius 3 is 2.56 bits per heavy atom. The summed E-state index contributed by atoms with van der Waals surface area (Å²) in [6.07, 6.45) is 4.78. The predicted octanol–water partition coefficient (Wildman–Crippen LogP) is 3.87. The van der Waals surface area contributed by atoms with Crippen molar-refractivity contribution in [3.63, 3.8) is 0 Å². The molecule has 0 atom stereocenters. The Kier molecular flexibility index (Phi) is 8.25. The molecule has 0 bridgehead atoms. The van der Waals surface area contributed by atoms with Gasteiger partial charge in [0.05, 0.1) is 0 Å². The molecule has 3 heterocycles. The molecule has 1 amide bonds. The third-order valence-electron chi connectivity index (χ3n) is 7.51. The quantitative estimate of drug-likeness (QED) is 0.456. The Morgan fingerprint density at radius 1 is 1.08 bits per heavy atom. The molecule has 0 aliphatic carbocycles. The highest BCUT2D eigenvalue weighted by Crippen LogP contribution is 2.29. The van der Waals surface area contributed by atoms with Gasteiger partial charge in [-0.2, -0.15) is 4.31 Å². The highest BCUT2D eigenvalue weighted by molar-refractivity contribution is 7.89. The van der Waals surface area contributed by atoms with Gasteiger partial charge in [0.25, 0.3) is 0 Å². The zero-order valence-electron chi connectivity index (χ0n) is 22.0. The lowest BCUT2D eigenvalue weighted by Crippen LogP contribution is -2.44. The molecule has 0 spiro atoms. The molecule has 2 aromatic carbocycles. The molecule has 5 rings (SSSR count). The number of hydrogen-bond donors (Lipinski definition) is 1. The van der Waals surface area contributed by atoms with Gasteiger partial charge in [-0.25, -0.2) is 12.8 Å². The summed E-state index contributed by atoms with van der Waals surface area (Å²) in [5, 5.41) is 6.89. The average molecular weight is 553 g/mol. The lowest BCUT2D eigenvalue weighted by atomic mass is 9.97. The number of sulfonamides is 1. The number of piperidine rings is 1. The number of aromatic nitrogens is 1. The van der Waals surface area contributed by atoms with Crippen LogP contribution in [0.3, 0.4) is 0 Å². The van der Waals surface area contributed by atoms with Crippen molar-refractivity contribution in [1.82, 2.24) is 19.7 Å². The maximum absolute atomic E-state index is 14.0. The minimum absolute atomic E-state index is 0.0268. The van der Waals surface area contributed by atoms with Crippen molar-refractivity contribution in [3.8, 4) is 0 Å². The third-order valence-corrected chi connectivity index (χ3v) is 9.57. The normalized spacial score (nSPS) is 17.4. The van der Waals surface area contributed by atoms with Crippen molar-refractivity contribution in [2.75, 3.05) is 32.7 Å². The maximum Gasteiger partial charge on any atom is 0.248 e. The fourth-order valence-electron chi connectivity index (χ4n) is 5.29. The van der Waals surface area contributed by atoms with E-state index < -0.39 is 15.8 Å². The van der Waals surface area contributed by atoms with E-state index >= 15 is 0 Å². The molecule has 3 aromatic rings. The number of carbonyl (C=O) groups excluding carboxylic acids is 1. The first-order valence-electron chi connectivity index (χ1n) is 13.3. The molecular weight excluding hydrogens is 519 g/mol. The van der Waals surface area contributed by atoms with Crippen LogP contribution < -0.4 is 5.32 Å². The number of fused-ring (bicyclic) bond motifs is 1. The second-order valence-corrected chi connectivity index (χ2v) is 12.0. The van der Waals surface area contributed by atoms with Crippen molar-refractivity contribution >= 4 is 28.1 Å². The van der Waals surface area contributed by atoms with Gasteiger partial charge in [-0.05, 0) is 55.5 Å². The topological polar surface area (TPSA) is 95.8 Å². The van der Waals surface area contributed by atoms with Crippen LogP contribution in [0.5, 0.6) is 0 Å². The molecule has 8 nitrogen and oxygen atoms in total. The van der Waals surface area contributed by atoms with Gasteiger partial charge in [-0.3, -0.25) is 9.69 Å². The smallest absolute Gasteiger partial charge is 0.248 e. The van der Waals surface area contributed by atoms with Crippen LogP contribution in [0.25, 0.3) is 12.2 Å². The molecule has 39 heavy (non-hydrogen) atoms. The van der Waals surface area contributed by atoms with Gasteiger partial charge in [0.2, 0.25) is 15.9 Å². The van der Waals surface area contributed by atoms with Gasteiger partial charge >= 0.3 is 0 Å². The number of halogens is 1. The highest BCUT2D eigenvalue weighted by atomic mass is 32.2. The van der Waals surface area contributed by atoms with Crippen molar-refractivity contribution in [2.24, 2.45) is 5.92 Å². The molecule has 2 aliphatic heterocycles. The Bertz CT molecular complexity index is 1460. The van der Waals surface area contributed by atoms with Gasteiger partial charge in [0, 0.05) is 50.7 Å². The van der Waals surface area contributed by atoms with Crippen molar-refractivity contribution in [2.45, 2.75) is 37.6 Å². The molecule has 1 saturated heterocycles. The van der Waals surface area contributed by atoms with Gasteiger partial charge in [0.15, 0.2) is 10.7 Å².